The van der Waals surface area contributed by atoms with Crippen molar-refractivity contribution in [2.24, 2.45) is 0 Å². The molecule has 1 N–H and O–H groups in total. The molecule has 0 aromatic heterocycles. The van der Waals surface area contributed by atoms with E-state index in [9.17, 15) is 4.79 Å². The lowest BCUT2D eigenvalue weighted by atomic mass is 10.2. The lowest BCUT2D eigenvalue weighted by molar-refractivity contribution is 0.112. The fraction of sp³-hybridized carbons (Fsp3) is 0.300. The highest BCUT2D eigenvalue weighted by Gasteiger charge is 2.04. The number of rotatable bonds is 4. The van der Waals surface area contributed by atoms with Crippen LogP contribution in [-0.2, 0) is 0 Å². The van der Waals surface area contributed by atoms with Gasteiger partial charge in [-0.1, -0.05) is 12.1 Å². The number of anilines is 1. The molecule has 0 fully saturated rings. The molecule has 0 bridgehead atoms. The maximum atomic E-state index is 10.6. The summed E-state index contributed by atoms with van der Waals surface area (Å²) in [6, 6.07) is 7.31. The van der Waals surface area contributed by atoms with E-state index in [0.29, 0.717) is 12.1 Å². The van der Waals surface area contributed by atoms with Crippen LogP contribution in [0.3, 0.4) is 0 Å². The number of hydrogen-bond acceptors (Lipinski definition) is 3. The van der Waals surface area contributed by atoms with Crippen LogP contribution in [0.4, 0.5) is 5.69 Å². The first kappa shape index (κ1) is 9.74. The van der Waals surface area contributed by atoms with E-state index in [-0.39, 0.29) is 6.61 Å². The maximum absolute atomic E-state index is 10.6. The zero-order valence-corrected chi connectivity index (χ0v) is 7.60. The minimum Gasteiger partial charge on any atom is -0.395 e. The molecule has 3 heteroatoms. The van der Waals surface area contributed by atoms with E-state index in [1.165, 1.54) is 0 Å². The molecule has 0 radical (unpaired) electrons. The number of carbonyl (C=O) groups excluding carboxylic acids is 1. The molecule has 1 aromatic rings. The number of aldehydes is 1. The Labute approximate surface area is 77.6 Å². The van der Waals surface area contributed by atoms with Crippen molar-refractivity contribution in [2.45, 2.75) is 0 Å². The van der Waals surface area contributed by atoms with Gasteiger partial charge in [-0.05, 0) is 12.1 Å². The van der Waals surface area contributed by atoms with Gasteiger partial charge in [-0.3, -0.25) is 4.79 Å². The summed E-state index contributed by atoms with van der Waals surface area (Å²) < 4.78 is 0. The van der Waals surface area contributed by atoms with Crippen molar-refractivity contribution in [1.82, 2.24) is 0 Å². The van der Waals surface area contributed by atoms with Crippen molar-refractivity contribution in [3.63, 3.8) is 0 Å². The summed E-state index contributed by atoms with van der Waals surface area (Å²) >= 11 is 0. The highest BCUT2D eigenvalue weighted by atomic mass is 16.3. The third-order valence-electron chi connectivity index (χ3n) is 1.91. The first-order valence-corrected chi connectivity index (χ1v) is 4.16. The van der Waals surface area contributed by atoms with Crippen LogP contribution in [0.15, 0.2) is 24.3 Å². The Bertz CT molecular complexity index is 286. The number of benzene rings is 1. The van der Waals surface area contributed by atoms with Gasteiger partial charge >= 0.3 is 0 Å². The second kappa shape index (κ2) is 4.62. The fourth-order valence-electron chi connectivity index (χ4n) is 1.21. The Hall–Kier alpha value is -1.35. The van der Waals surface area contributed by atoms with E-state index in [4.69, 9.17) is 5.11 Å². The van der Waals surface area contributed by atoms with Gasteiger partial charge < -0.3 is 10.0 Å². The van der Waals surface area contributed by atoms with E-state index >= 15 is 0 Å². The molecule has 1 rings (SSSR count). The number of hydrogen-bond donors (Lipinski definition) is 1. The molecular formula is C10H13NO2. The minimum absolute atomic E-state index is 0.0870. The van der Waals surface area contributed by atoms with Gasteiger partial charge in [0.1, 0.15) is 0 Å². The molecule has 0 saturated heterocycles. The van der Waals surface area contributed by atoms with Crippen molar-refractivity contribution >= 4 is 12.0 Å². The number of likely N-dealkylation sites (N-methyl/N-ethyl adjacent to an activating group) is 1. The molecule has 0 aliphatic carbocycles. The molecular weight excluding hydrogens is 166 g/mol. The van der Waals surface area contributed by atoms with Crippen LogP contribution >= 0.6 is 0 Å². The van der Waals surface area contributed by atoms with Crippen molar-refractivity contribution in [3.05, 3.63) is 29.8 Å². The van der Waals surface area contributed by atoms with Crippen molar-refractivity contribution in [1.29, 1.82) is 0 Å². The Morgan fingerprint density at radius 2 is 2.15 bits per heavy atom. The van der Waals surface area contributed by atoms with Gasteiger partial charge in [0.15, 0.2) is 6.29 Å². The zero-order chi connectivity index (χ0) is 9.68. The van der Waals surface area contributed by atoms with Gasteiger partial charge in [0.25, 0.3) is 0 Å². The predicted molar refractivity (Wildman–Crippen MR) is 52.2 cm³/mol. The number of carbonyl (C=O) groups is 1. The summed E-state index contributed by atoms with van der Waals surface area (Å²) in [5.74, 6) is 0. The SMILES string of the molecule is CN(CCO)c1ccccc1C=O. The molecule has 1 aromatic carbocycles. The largest absolute Gasteiger partial charge is 0.395 e. The highest BCUT2D eigenvalue weighted by molar-refractivity contribution is 5.84. The quantitative estimate of drug-likeness (QED) is 0.699. The molecule has 0 aliphatic heterocycles. The zero-order valence-electron chi connectivity index (χ0n) is 7.60. The van der Waals surface area contributed by atoms with Crippen molar-refractivity contribution in [3.8, 4) is 0 Å². The molecule has 0 spiro atoms. The van der Waals surface area contributed by atoms with Gasteiger partial charge in [-0.25, -0.2) is 0 Å². The van der Waals surface area contributed by atoms with Gasteiger partial charge in [0.2, 0.25) is 0 Å². The summed E-state index contributed by atoms with van der Waals surface area (Å²) in [5.41, 5.74) is 1.50. The number of nitrogens with zero attached hydrogens (tertiary/aromatic N) is 1. The average molecular weight is 179 g/mol. The second-order valence-electron chi connectivity index (χ2n) is 2.82. The van der Waals surface area contributed by atoms with E-state index in [2.05, 4.69) is 0 Å². The van der Waals surface area contributed by atoms with Crippen molar-refractivity contribution in [2.75, 3.05) is 25.1 Å². The molecule has 0 unspecified atom stereocenters. The first-order chi connectivity index (χ1) is 6.29. The molecule has 0 atom stereocenters. The van der Waals surface area contributed by atoms with Gasteiger partial charge in [-0.2, -0.15) is 0 Å². The predicted octanol–water partition coefficient (Wildman–Crippen LogP) is 0.928. The van der Waals surface area contributed by atoms with Crippen LogP contribution in [0.5, 0.6) is 0 Å². The van der Waals surface area contributed by atoms with Crippen LogP contribution in [0.1, 0.15) is 10.4 Å². The minimum atomic E-state index is 0.0870. The Kier molecular flexibility index (Phi) is 3.46. The van der Waals surface area contributed by atoms with Crippen LogP contribution in [0.2, 0.25) is 0 Å². The molecule has 70 valence electrons. The lowest BCUT2D eigenvalue weighted by Crippen LogP contribution is -2.22. The summed E-state index contributed by atoms with van der Waals surface area (Å²) in [7, 11) is 1.85. The topological polar surface area (TPSA) is 40.5 Å². The van der Waals surface area contributed by atoms with Crippen LogP contribution in [0.25, 0.3) is 0 Å². The van der Waals surface area contributed by atoms with Crippen LogP contribution < -0.4 is 4.90 Å². The number of aliphatic hydroxyl groups excluding tert-OH is 1. The molecule has 0 amide bonds. The maximum Gasteiger partial charge on any atom is 0.152 e. The lowest BCUT2D eigenvalue weighted by Gasteiger charge is -2.19. The molecule has 0 saturated carbocycles. The molecule has 0 aliphatic rings. The third kappa shape index (κ3) is 2.29. The van der Waals surface area contributed by atoms with Gasteiger partial charge in [0.05, 0.1) is 6.61 Å². The summed E-state index contributed by atoms with van der Waals surface area (Å²) in [4.78, 5) is 12.5. The van der Waals surface area contributed by atoms with E-state index in [1.807, 2.05) is 30.1 Å². The van der Waals surface area contributed by atoms with Gasteiger partial charge in [-0.15, -0.1) is 0 Å². The molecule has 3 nitrogen and oxygen atoms in total. The Balaban J connectivity index is 2.91. The Morgan fingerprint density at radius 1 is 1.46 bits per heavy atom. The van der Waals surface area contributed by atoms with Crippen LogP contribution in [0, 0.1) is 0 Å². The number of para-hydroxylation sites is 1. The van der Waals surface area contributed by atoms with E-state index in [0.717, 1.165) is 12.0 Å². The van der Waals surface area contributed by atoms with E-state index < -0.39 is 0 Å². The Morgan fingerprint density at radius 3 is 2.77 bits per heavy atom. The summed E-state index contributed by atoms with van der Waals surface area (Å²) in [5, 5.41) is 8.73. The second-order valence-corrected chi connectivity index (χ2v) is 2.82. The number of aliphatic hydroxyl groups is 1. The molecule has 13 heavy (non-hydrogen) atoms. The first-order valence-electron chi connectivity index (χ1n) is 4.16. The van der Waals surface area contributed by atoms with Crippen LogP contribution in [-0.4, -0.2) is 31.6 Å². The fourth-order valence-corrected chi connectivity index (χ4v) is 1.21. The van der Waals surface area contributed by atoms with Gasteiger partial charge in [0, 0.05) is 24.8 Å². The van der Waals surface area contributed by atoms with Crippen molar-refractivity contribution < 1.29 is 9.90 Å². The smallest absolute Gasteiger partial charge is 0.152 e. The third-order valence-corrected chi connectivity index (χ3v) is 1.91. The summed E-state index contributed by atoms with van der Waals surface area (Å²) in [6.07, 6.45) is 0.823. The normalized spacial score (nSPS) is 9.69. The summed E-state index contributed by atoms with van der Waals surface area (Å²) in [6.45, 7) is 0.620. The van der Waals surface area contributed by atoms with E-state index in [1.54, 1.807) is 6.07 Å². The average Bonchev–Trinajstić information content (AvgIpc) is 2.18. The molecule has 0 heterocycles. The monoisotopic (exact) mass is 179 g/mol. The highest BCUT2D eigenvalue weighted by Crippen LogP contribution is 2.16. The standard InChI is InChI=1S/C10H13NO2/c1-11(6-7-12)10-5-3-2-4-9(10)8-13/h2-5,8,12H,6-7H2,1H3.